The molecule has 5 heteroatoms. The van der Waals surface area contributed by atoms with Crippen LogP contribution in [-0.2, 0) is 14.3 Å². The summed E-state index contributed by atoms with van der Waals surface area (Å²) in [6.45, 7) is 16.3. The molecule has 0 amide bonds. The van der Waals surface area contributed by atoms with Gasteiger partial charge < -0.3 is 4.43 Å². The van der Waals surface area contributed by atoms with Crippen molar-refractivity contribution in [2.45, 2.75) is 59.2 Å². The maximum absolute atomic E-state index is 11.2. The van der Waals surface area contributed by atoms with Gasteiger partial charge in [0.25, 0.3) is 0 Å². The van der Waals surface area contributed by atoms with Crippen LogP contribution in [0.15, 0.2) is 16.7 Å². The second-order valence-corrected chi connectivity index (χ2v) is 15.0. The van der Waals surface area contributed by atoms with Gasteiger partial charge in [0.2, 0.25) is 0 Å². The second-order valence-electron chi connectivity index (χ2n) is 8.26. The van der Waals surface area contributed by atoms with E-state index in [0.717, 1.165) is 18.6 Å². The highest BCUT2D eigenvalue weighted by Crippen LogP contribution is 2.51. The third-order valence-electron chi connectivity index (χ3n) is 5.15. The highest BCUT2D eigenvalue weighted by molar-refractivity contribution is 7.93. The van der Waals surface area contributed by atoms with Crippen molar-refractivity contribution in [1.29, 1.82) is 0 Å². The van der Waals surface area contributed by atoms with Crippen LogP contribution in [0.25, 0.3) is 0 Å². The van der Waals surface area contributed by atoms with Crippen LogP contribution in [0.3, 0.4) is 0 Å². The minimum absolute atomic E-state index is 0.0243. The predicted molar refractivity (Wildman–Crippen MR) is 91.5 cm³/mol. The summed E-state index contributed by atoms with van der Waals surface area (Å²) in [7, 11) is -4.82. The molecule has 0 saturated heterocycles. The molecule has 0 spiro atoms. The molecule has 0 aromatic heterocycles. The standard InChI is InChI=1S/C16H30O3SSi/c1-15(2,3)21(7,8)19-12-14-11-13(16(14,4)5)9-10-20(6,17)18/h10,14H,11-12H2,1-8H3. The molecule has 0 radical (unpaired) electrons. The van der Waals surface area contributed by atoms with E-state index < -0.39 is 18.2 Å². The highest BCUT2D eigenvalue weighted by Gasteiger charge is 2.45. The fraction of sp³-hybridized carbons (Fsp3) is 0.812. The van der Waals surface area contributed by atoms with Crippen LogP contribution >= 0.6 is 0 Å². The lowest BCUT2D eigenvalue weighted by atomic mass is 9.59. The Kier molecular flexibility index (Phi) is 5.07. The third kappa shape index (κ3) is 4.56. The maximum Gasteiger partial charge on any atom is 0.191 e. The van der Waals surface area contributed by atoms with Gasteiger partial charge in [0, 0.05) is 12.9 Å². The van der Waals surface area contributed by atoms with E-state index >= 15 is 0 Å². The molecule has 1 aliphatic carbocycles. The predicted octanol–water partition coefficient (Wildman–Crippen LogP) is 4.14. The quantitative estimate of drug-likeness (QED) is 0.575. The van der Waals surface area contributed by atoms with Crippen molar-refractivity contribution in [1.82, 2.24) is 0 Å². The SMILES string of the molecule is CC1(C)C(=C=CS(C)(=O)=O)CC1CO[Si](C)(C)C(C)(C)C. The number of hydrogen-bond acceptors (Lipinski definition) is 3. The Morgan fingerprint density at radius 1 is 1.38 bits per heavy atom. The molecule has 1 atom stereocenters. The molecule has 0 N–H and O–H groups in total. The molecule has 1 saturated carbocycles. The average Bonchev–Trinajstić information content (AvgIpc) is 2.23. The number of rotatable bonds is 4. The maximum atomic E-state index is 11.2. The van der Waals surface area contributed by atoms with Gasteiger partial charge in [-0.15, -0.1) is 5.73 Å². The van der Waals surface area contributed by atoms with Crippen molar-refractivity contribution in [3.05, 3.63) is 16.7 Å². The number of hydrogen-bond donors (Lipinski definition) is 0. The molecule has 1 unspecified atom stereocenters. The first-order valence-electron chi connectivity index (χ1n) is 7.47. The fourth-order valence-corrected chi connectivity index (χ4v) is 3.50. The number of sulfone groups is 1. The summed E-state index contributed by atoms with van der Waals surface area (Å²) in [5.41, 5.74) is 4.02. The summed E-state index contributed by atoms with van der Waals surface area (Å²) in [6, 6.07) is 0. The zero-order chi connectivity index (χ0) is 16.7. The largest absolute Gasteiger partial charge is 0.417 e. The first-order chi connectivity index (χ1) is 9.17. The van der Waals surface area contributed by atoms with E-state index in [1.807, 2.05) is 0 Å². The smallest absolute Gasteiger partial charge is 0.191 e. The van der Waals surface area contributed by atoms with E-state index in [2.05, 4.69) is 53.4 Å². The Hall–Kier alpha value is -0.353. The van der Waals surface area contributed by atoms with E-state index in [1.54, 1.807) is 0 Å². The lowest BCUT2D eigenvalue weighted by Gasteiger charge is -2.48. The summed E-state index contributed by atoms with van der Waals surface area (Å²) in [5, 5.41) is 1.41. The minimum atomic E-state index is -3.10. The molecule has 3 nitrogen and oxygen atoms in total. The van der Waals surface area contributed by atoms with E-state index in [4.69, 9.17) is 4.43 Å². The van der Waals surface area contributed by atoms with E-state index in [-0.39, 0.29) is 10.5 Å². The molecule has 1 fully saturated rings. The molecule has 0 bridgehead atoms. The molecule has 122 valence electrons. The lowest BCUT2D eigenvalue weighted by Crippen LogP contribution is -2.46. The molecule has 21 heavy (non-hydrogen) atoms. The molecule has 0 heterocycles. The van der Waals surface area contributed by atoms with E-state index in [0.29, 0.717) is 5.92 Å². The monoisotopic (exact) mass is 330 g/mol. The molecule has 0 aromatic carbocycles. The average molecular weight is 331 g/mol. The Morgan fingerprint density at radius 2 is 1.90 bits per heavy atom. The van der Waals surface area contributed by atoms with Crippen LogP contribution in [0.5, 0.6) is 0 Å². The summed E-state index contributed by atoms with van der Waals surface area (Å²) in [4.78, 5) is 0. The lowest BCUT2D eigenvalue weighted by molar-refractivity contribution is 0.0901. The Bertz CT molecular complexity index is 559. The van der Waals surface area contributed by atoms with Crippen LogP contribution in [0, 0.1) is 11.3 Å². The molecule has 1 rings (SSSR count). The van der Waals surface area contributed by atoms with E-state index in [9.17, 15) is 8.42 Å². The zero-order valence-electron chi connectivity index (χ0n) is 14.7. The van der Waals surface area contributed by atoms with Gasteiger partial charge in [0.05, 0.1) is 5.41 Å². The molecular formula is C16H30O3SSi. The van der Waals surface area contributed by atoms with Gasteiger partial charge >= 0.3 is 0 Å². The normalized spacial score (nSPS) is 22.5. The first kappa shape index (κ1) is 18.7. The Morgan fingerprint density at radius 3 is 2.29 bits per heavy atom. The molecular weight excluding hydrogens is 300 g/mol. The van der Waals surface area contributed by atoms with Crippen LogP contribution in [0.2, 0.25) is 18.1 Å². The Balaban J connectivity index is 2.74. The van der Waals surface area contributed by atoms with Gasteiger partial charge in [-0.1, -0.05) is 34.6 Å². The van der Waals surface area contributed by atoms with Crippen molar-refractivity contribution in [3.63, 3.8) is 0 Å². The first-order valence-corrected chi connectivity index (χ1v) is 12.3. The summed E-state index contributed by atoms with van der Waals surface area (Å²) >= 11 is 0. The summed E-state index contributed by atoms with van der Waals surface area (Å²) in [6.07, 6.45) is 2.08. The van der Waals surface area contributed by atoms with Crippen molar-refractivity contribution in [2.24, 2.45) is 11.3 Å². The van der Waals surface area contributed by atoms with Crippen LogP contribution in [-0.4, -0.2) is 29.6 Å². The molecule has 1 aliphatic rings. The minimum Gasteiger partial charge on any atom is -0.417 e. The molecule has 0 aromatic rings. The van der Waals surface area contributed by atoms with Gasteiger partial charge in [-0.05, 0) is 41.5 Å². The van der Waals surface area contributed by atoms with Gasteiger partial charge in [0.15, 0.2) is 18.2 Å². The number of allylic oxidation sites excluding steroid dienone is 1. The van der Waals surface area contributed by atoms with Crippen molar-refractivity contribution in [2.75, 3.05) is 12.9 Å². The van der Waals surface area contributed by atoms with Gasteiger partial charge in [0.1, 0.15) is 0 Å². The van der Waals surface area contributed by atoms with Crippen LogP contribution in [0.1, 0.15) is 41.0 Å². The third-order valence-corrected chi connectivity index (χ3v) is 10.2. The summed E-state index contributed by atoms with van der Waals surface area (Å²) < 4.78 is 28.7. The van der Waals surface area contributed by atoms with Crippen molar-refractivity contribution in [3.8, 4) is 0 Å². The van der Waals surface area contributed by atoms with E-state index in [1.165, 1.54) is 11.7 Å². The Labute approximate surface area is 131 Å². The topological polar surface area (TPSA) is 43.4 Å². The van der Waals surface area contributed by atoms with Gasteiger partial charge in [-0.2, -0.15) is 0 Å². The van der Waals surface area contributed by atoms with Crippen LogP contribution in [0.4, 0.5) is 0 Å². The summed E-state index contributed by atoms with van der Waals surface area (Å²) in [5.74, 6) is 0.446. The van der Waals surface area contributed by atoms with Crippen LogP contribution < -0.4 is 0 Å². The highest BCUT2D eigenvalue weighted by atomic mass is 32.2. The fourth-order valence-electron chi connectivity index (χ4n) is 2.10. The van der Waals surface area contributed by atoms with Crippen molar-refractivity contribution >= 4 is 18.2 Å². The second kappa shape index (κ2) is 5.69. The zero-order valence-corrected chi connectivity index (χ0v) is 16.5. The van der Waals surface area contributed by atoms with Crippen molar-refractivity contribution < 1.29 is 12.8 Å². The molecule has 0 aliphatic heterocycles. The van der Waals surface area contributed by atoms with Gasteiger partial charge in [-0.25, -0.2) is 8.42 Å². The van der Waals surface area contributed by atoms with Gasteiger partial charge in [-0.3, -0.25) is 0 Å².